The highest BCUT2D eigenvalue weighted by atomic mass is 32.2. The standard InChI is InChI=1S/C15H14F3N3O2S/c1-24(22,23)7-6-21-14(15(16,17)18)12(9-20-21)11-8-19-13-5-3-2-4-10(11)13/h2-5,8-9,19H,6-7H2,1H3. The summed E-state index contributed by atoms with van der Waals surface area (Å²) >= 11 is 0. The second-order valence-corrected chi connectivity index (χ2v) is 7.77. The maximum atomic E-state index is 13.5. The Hall–Kier alpha value is -2.29. The van der Waals surface area contributed by atoms with Gasteiger partial charge < -0.3 is 4.98 Å². The molecule has 1 N–H and O–H groups in total. The van der Waals surface area contributed by atoms with E-state index in [1.807, 2.05) is 0 Å². The molecule has 0 radical (unpaired) electrons. The van der Waals surface area contributed by atoms with Crippen molar-refractivity contribution < 1.29 is 21.6 Å². The Morgan fingerprint density at radius 1 is 1.21 bits per heavy atom. The zero-order valence-corrected chi connectivity index (χ0v) is 13.4. The van der Waals surface area contributed by atoms with Crippen LogP contribution in [0.2, 0.25) is 0 Å². The van der Waals surface area contributed by atoms with Gasteiger partial charge in [-0.2, -0.15) is 18.3 Å². The van der Waals surface area contributed by atoms with Crippen molar-refractivity contribution in [2.75, 3.05) is 12.0 Å². The summed E-state index contributed by atoms with van der Waals surface area (Å²) in [6.45, 7) is -0.351. The summed E-state index contributed by atoms with van der Waals surface area (Å²) in [5.41, 5.74) is 0.0670. The molecule has 3 rings (SSSR count). The molecule has 24 heavy (non-hydrogen) atoms. The molecule has 3 aromatic rings. The summed E-state index contributed by atoms with van der Waals surface area (Å²) in [6, 6.07) is 7.00. The molecule has 9 heteroatoms. The number of aromatic amines is 1. The van der Waals surface area contributed by atoms with Crippen molar-refractivity contribution in [1.29, 1.82) is 0 Å². The summed E-state index contributed by atoms with van der Waals surface area (Å²) in [5.74, 6) is -0.412. The van der Waals surface area contributed by atoms with E-state index in [1.54, 1.807) is 24.3 Å². The fourth-order valence-corrected chi connectivity index (χ4v) is 3.10. The lowest BCUT2D eigenvalue weighted by atomic mass is 10.1. The fourth-order valence-electron chi connectivity index (χ4n) is 2.60. The molecule has 2 heterocycles. The number of rotatable bonds is 4. The van der Waals surface area contributed by atoms with Gasteiger partial charge in [-0.25, -0.2) is 8.42 Å². The molecule has 2 aromatic heterocycles. The predicted octanol–water partition coefficient (Wildman–Crippen LogP) is 3.09. The van der Waals surface area contributed by atoms with Crippen LogP contribution in [-0.2, 0) is 22.6 Å². The second-order valence-electron chi connectivity index (χ2n) is 5.51. The molecule has 0 aliphatic rings. The zero-order valence-electron chi connectivity index (χ0n) is 12.6. The summed E-state index contributed by atoms with van der Waals surface area (Å²) in [5, 5.41) is 4.41. The van der Waals surface area contributed by atoms with Gasteiger partial charge in [0.25, 0.3) is 0 Å². The van der Waals surface area contributed by atoms with Crippen LogP contribution in [0.4, 0.5) is 13.2 Å². The van der Waals surface area contributed by atoms with Gasteiger partial charge >= 0.3 is 6.18 Å². The molecule has 0 fully saturated rings. The minimum atomic E-state index is -4.65. The monoisotopic (exact) mass is 357 g/mol. The number of H-pyrrole nitrogens is 1. The summed E-state index contributed by atoms with van der Waals surface area (Å²) in [4.78, 5) is 2.93. The van der Waals surface area contributed by atoms with Gasteiger partial charge in [-0.15, -0.1) is 0 Å². The van der Waals surface area contributed by atoms with Crippen LogP contribution in [0.25, 0.3) is 22.0 Å². The van der Waals surface area contributed by atoms with Gasteiger partial charge in [0, 0.05) is 34.5 Å². The van der Waals surface area contributed by atoms with E-state index in [4.69, 9.17) is 0 Å². The van der Waals surface area contributed by atoms with Crippen LogP contribution < -0.4 is 0 Å². The minimum Gasteiger partial charge on any atom is -0.361 e. The van der Waals surface area contributed by atoms with E-state index in [9.17, 15) is 21.6 Å². The van der Waals surface area contributed by atoms with Crippen LogP contribution in [0.15, 0.2) is 36.7 Å². The first kappa shape index (κ1) is 16.6. The number of aryl methyl sites for hydroxylation is 1. The molecule has 0 saturated heterocycles. The SMILES string of the molecule is CS(=O)(=O)CCn1ncc(-c2c[nH]c3ccccc23)c1C(F)(F)F. The molecule has 0 atom stereocenters. The Bertz CT molecular complexity index is 987. The van der Waals surface area contributed by atoms with E-state index in [0.717, 1.165) is 12.5 Å². The zero-order chi connectivity index (χ0) is 17.5. The first-order valence-corrected chi connectivity index (χ1v) is 9.10. The maximum absolute atomic E-state index is 13.5. The average Bonchev–Trinajstić information content (AvgIpc) is 3.07. The Labute approximate surface area is 136 Å². The summed E-state index contributed by atoms with van der Waals surface area (Å²) < 4.78 is 63.8. The number of sulfone groups is 1. The molecular formula is C15H14F3N3O2S. The first-order chi connectivity index (χ1) is 11.2. The second kappa shape index (κ2) is 5.66. The Kier molecular flexibility index (Phi) is 3.90. The molecule has 0 spiro atoms. The number of hydrogen-bond acceptors (Lipinski definition) is 3. The largest absolute Gasteiger partial charge is 0.433 e. The van der Waals surface area contributed by atoms with E-state index < -0.39 is 27.5 Å². The van der Waals surface area contributed by atoms with Crippen molar-refractivity contribution in [3.63, 3.8) is 0 Å². The van der Waals surface area contributed by atoms with Crippen LogP contribution in [0.5, 0.6) is 0 Å². The van der Waals surface area contributed by atoms with Crippen molar-refractivity contribution in [1.82, 2.24) is 14.8 Å². The van der Waals surface area contributed by atoms with Gasteiger partial charge in [0.05, 0.1) is 18.5 Å². The first-order valence-electron chi connectivity index (χ1n) is 7.04. The number of aromatic nitrogens is 3. The molecular weight excluding hydrogens is 343 g/mol. The van der Waals surface area contributed by atoms with Crippen LogP contribution >= 0.6 is 0 Å². The number of alkyl halides is 3. The molecule has 1 aromatic carbocycles. The third-order valence-electron chi connectivity index (χ3n) is 3.66. The Morgan fingerprint density at radius 2 is 1.92 bits per heavy atom. The van der Waals surface area contributed by atoms with Crippen LogP contribution in [-0.4, -0.2) is 35.2 Å². The lowest BCUT2D eigenvalue weighted by molar-refractivity contribution is -0.143. The summed E-state index contributed by atoms with van der Waals surface area (Å²) in [7, 11) is -3.40. The van der Waals surface area contributed by atoms with E-state index in [1.165, 1.54) is 6.20 Å². The number of fused-ring (bicyclic) bond motifs is 1. The number of hydrogen-bond donors (Lipinski definition) is 1. The van der Waals surface area contributed by atoms with Gasteiger partial charge in [0.2, 0.25) is 0 Å². The van der Waals surface area contributed by atoms with Crippen LogP contribution in [0.3, 0.4) is 0 Å². The van der Waals surface area contributed by atoms with E-state index >= 15 is 0 Å². The third-order valence-corrected chi connectivity index (χ3v) is 4.59. The van der Waals surface area contributed by atoms with Gasteiger partial charge in [0.15, 0.2) is 0 Å². The quantitative estimate of drug-likeness (QED) is 0.780. The highest BCUT2D eigenvalue weighted by molar-refractivity contribution is 7.90. The molecule has 0 aliphatic carbocycles. The van der Waals surface area contributed by atoms with E-state index in [-0.39, 0.29) is 12.1 Å². The number of halogens is 3. The number of nitrogens with one attached hydrogen (secondary N) is 1. The van der Waals surface area contributed by atoms with Gasteiger partial charge in [-0.3, -0.25) is 4.68 Å². The van der Waals surface area contributed by atoms with E-state index in [0.29, 0.717) is 21.1 Å². The van der Waals surface area contributed by atoms with Crippen molar-refractivity contribution in [3.05, 3.63) is 42.4 Å². The highest BCUT2D eigenvalue weighted by Crippen LogP contribution is 2.39. The smallest absolute Gasteiger partial charge is 0.361 e. The van der Waals surface area contributed by atoms with Crippen molar-refractivity contribution in [2.45, 2.75) is 12.7 Å². The van der Waals surface area contributed by atoms with Crippen LogP contribution in [0, 0.1) is 0 Å². The lowest BCUT2D eigenvalue weighted by Gasteiger charge is -2.12. The molecule has 0 amide bonds. The van der Waals surface area contributed by atoms with Crippen molar-refractivity contribution in [3.8, 4) is 11.1 Å². The fraction of sp³-hybridized carbons (Fsp3) is 0.267. The topological polar surface area (TPSA) is 67.8 Å². The molecule has 128 valence electrons. The predicted molar refractivity (Wildman–Crippen MR) is 84.2 cm³/mol. The number of benzene rings is 1. The van der Waals surface area contributed by atoms with Crippen LogP contribution in [0.1, 0.15) is 5.69 Å². The highest BCUT2D eigenvalue weighted by Gasteiger charge is 2.39. The number of nitrogens with zero attached hydrogens (tertiary/aromatic N) is 2. The van der Waals surface area contributed by atoms with Crippen molar-refractivity contribution in [2.24, 2.45) is 0 Å². The van der Waals surface area contributed by atoms with Gasteiger partial charge in [-0.1, -0.05) is 18.2 Å². The Balaban J connectivity index is 2.13. The lowest BCUT2D eigenvalue weighted by Crippen LogP contribution is -2.19. The maximum Gasteiger partial charge on any atom is 0.433 e. The molecule has 0 unspecified atom stereocenters. The average molecular weight is 357 g/mol. The molecule has 0 aliphatic heterocycles. The van der Waals surface area contributed by atoms with Gasteiger partial charge in [0.1, 0.15) is 15.5 Å². The summed E-state index contributed by atoms with van der Waals surface area (Å²) in [6.07, 6.45) is -1.05. The Morgan fingerprint density at radius 3 is 2.58 bits per heavy atom. The van der Waals surface area contributed by atoms with E-state index in [2.05, 4.69) is 10.1 Å². The van der Waals surface area contributed by atoms with Gasteiger partial charge in [-0.05, 0) is 6.07 Å². The normalized spacial score (nSPS) is 12.8. The molecule has 0 bridgehead atoms. The molecule has 5 nitrogen and oxygen atoms in total. The van der Waals surface area contributed by atoms with Crippen molar-refractivity contribution >= 4 is 20.7 Å². The minimum absolute atomic E-state index is 0.0755. The molecule has 0 saturated carbocycles. The third kappa shape index (κ3) is 3.16. The number of para-hydroxylation sites is 1.